The fraction of sp³-hybridized carbons (Fsp3) is 0.565. The molecule has 0 spiro atoms. The molecule has 0 aliphatic carbocycles. The first-order valence-corrected chi connectivity index (χ1v) is 11.5. The molecule has 0 saturated carbocycles. The molecule has 0 N–H and O–H groups in total. The molecule has 5 rings (SSSR count). The van der Waals surface area contributed by atoms with E-state index in [1.807, 2.05) is 17.9 Å². The molecule has 9 heteroatoms. The lowest BCUT2D eigenvalue weighted by Gasteiger charge is -2.36. The number of carbonyl (C=O) groups excluding carboxylic acids is 1. The second-order valence-corrected chi connectivity index (χ2v) is 8.93. The van der Waals surface area contributed by atoms with Crippen molar-refractivity contribution in [2.24, 2.45) is 5.92 Å². The van der Waals surface area contributed by atoms with E-state index in [1.165, 1.54) is 10.7 Å². The van der Waals surface area contributed by atoms with Crippen LogP contribution < -0.4 is 0 Å². The molecular formula is C23H29FN6O2. The zero-order chi connectivity index (χ0) is 22.2. The van der Waals surface area contributed by atoms with Crippen LogP contribution in [0.25, 0.3) is 16.9 Å². The Morgan fingerprint density at radius 3 is 2.78 bits per heavy atom. The number of hydrogen-bond acceptors (Lipinski definition) is 6. The third-order valence-corrected chi connectivity index (χ3v) is 6.92. The zero-order valence-electron chi connectivity index (χ0n) is 18.6. The van der Waals surface area contributed by atoms with E-state index in [2.05, 4.69) is 20.1 Å². The van der Waals surface area contributed by atoms with Gasteiger partial charge in [-0.2, -0.15) is 14.8 Å². The van der Waals surface area contributed by atoms with E-state index in [0.717, 1.165) is 56.5 Å². The normalized spacial score (nSPS) is 20.5. The summed E-state index contributed by atoms with van der Waals surface area (Å²) in [5.74, 6) is 1.12. The second-order valence-electron chi connectivity index (χ2n) is 8.93. The molecule has 2 aromatic heterocycles. The van der Waals surface area contributed by atoms with Gasteiger partial charge in [0.1, 0.15) is 11.3 Å². The van der Waals surface area contributed by atoms with Crippen LogP contribution in [0.5, 0.6) is 0 Å². The zero-order valence-corrected chi connectivity index (χ0v) is 18.6. The quantitative estimate of drug-likeness (QED) is 0.607. The number of para-hydroxylation sites is 1. The number of aromatic nitrogens is 4. The maximum atomic E-state index is 14.5. The Hall–Kier alpha value is -2.81. The van der Waals surface area contributed by atoms with Crippen molar-refractivity contribution in [2.75, 3.05) is 26.2 Å². The van der Waals surface area contributed by atoms with Gasteiger partial charge in [0, 0.05) is 44.4 Å². The molecule has 2 aliphatic rings. The van der Waals surface area contributed by atoms with Crippen molar-refractivity contribution in [3.05, 3.63) is 35.6 Å². The number of aryl methyl sites for hydroxylation is 1. The minimum atomic E-state index is -0.344. The van der Waals surface area contributed by atoms with Crippen molar-refractivity contribution in [1.82, 2.24) is 29.7 Å². The second kappa shape index (κ2) is 8.61. The van der Waals surface area contributed by atoms with Gasteiger partial charge in [0.05, 0.1) is 5.69 Å². The van der Waals surface area contributed by atoms with Gasteiger partial charge < -0.3 is 9.42 Å². The minimum Gasteiger partial charge on any atom is -0.343 e. The summed E-state index contributed by atoms with van der Waals surface area (Å²) in [7, 11) is 0. The van der Waals surface area contributed by atoms with Gasteiger partial charge in [-0.25, -0.2) is 4.39 Å². The van der Waals surface area contributed by atoms with Gasteiger partial charge in [-0.1, -0.05) is 19.1 Å². The first-order valence-electron chi connectivity index (χ1n) is 11.5. The number of amides is 1. The van der Waals surface area contributed by atoms with Gasteiger partial charge >= 0.3 is 0 Å². The van der Waals surface area contributed by atoms with E-state index >= 15 is 0 Å². The number of carbonyl (C=O) groups is 1. The Balaban J connectivity index is 1.25. The van der Waals surface area contributed by atoms with Gasteiger partial charge in [-0.05, 0) is 49.4 Å². The molecule has 8 nitrogen and oxygen atoms in total. The third-order valence-electron chi connectivity index (χ3n) is 6.92. The van der Waals surface area contributed by atoms with E-state index in [1.54, 1.807) is 13.0 Å². The van der Waals surface area contributed by atoms with Crippen LogP contribution in [0, 0.1) is 11.7 Å². The Morgan fingerprint density at radius 1 is 1.22 bits per heavy atom. The molecule has 3 aromatic rings. The molecule has 1 aromatic carbocycles. The van der Waals surface area contributed by atoms with Crippen molar-refractivity contribution in [3.8, 4) is 5.95 Å². The fourth-order valence-electron chi connectivity index (χ4n) is 5.16. The number of nitrogens with zero attached hydrogens (tertiary/aromatic N) is 6. The summed E-state index contributed by atoms with van der Waals surface area (Å²) in [6, 6.07) is 5.53. The molecule has 170 valence electrons. The summed E-state index contributed by atoms with van der Waals surface area (Å²) < 4.78 is 21.5. The highest BCUT2D eigenvalue weighted by Crippen LogP contribution is 2.28. The lowest BCUT2D eigenvalue weighted by atomic mass is 10.0. The molecule has 1 atom stereocenters. The summed E-state index contributed by atoms with van der Waals surface area (Å²) in [6.07, 6.45) is 4.56. The van der Waals surface area contributed by atoms with Gasteiger partial charge in [0.15, 0.2) is 0 Å². The monoisotopic (exact) mass is 440 g/mol. The smallest absolute Gasteiger partial charge is 0.291 e. The van der Waals surface area contributed by atoms with E-state index in [9.17, 15) is 9.18 Å². The number of halogens is 1. The van der Waals surface area contributed by atoms with Crippen LogP contribution in [-0.2, 0) is 17.6 Å². The highest BCUT2D eigenvalue weighted by molar-refractivity contribution is 5.83. The SMILES string of the molecule is CCc1nn(-c2noc(CC3CCN(C4CCN(C(C)=O)CC4)C3)n2)c2c(F)cccc12. The average molecular weight is 441 g/mol. The van der Waals surface area contributed by atoms with Gasteiger partial charge in [0.2, 0.25) is 11.8 Å². The highest BCUT2D eigenvalue weighted by atomic mass is 19.1. The van der Waals surface area contributed by atoms with Gasteiger partial charge in [0.25, 0.3) is 5.95 Å². The van der Waals surface area contributed by atoms with E-state index in [4.69, 9.17) is 4.52 Å². The van der Waals surface area contributed by atoms with Crippen molar-refractivity contribution < 1.29 is 13.7 Å². The van der Waals surface area contributed by atoms with Crippen LogP contribution in [0.4, 0.5) is 4.39 Å². The number of piperidine rings is 1. The molecule has 0 bridgehead atoms. The van der Waals surface area contributed by atoms with Crippen molar-refractivity contribution in [1.29, 1.82) is 0 Å². The Labute approximate surface area is 186 Å². The molecule has 1 unspecified atom stereocenters. The average Bonchev–Trinajstić information content (AvgIpc) is 3.53. The van der Waals surface area contributed by atoms with Crippen LogP contribution in [0.3, 0.4) is 0 Å². The maximum Gasteiger partial charge on any atom is 0.291 e. The molecule has 2 aliphatic heterocycles. The van der Waals surface area contributed by atoms with Crippen LogP contribution in [-0.4, -0.2) is 67.8 Å². The summed E-state index contributed by atoms with van der Waals surface area (Å²) in [4.78, 5) is 20.6. The predicted octanol–water partition coefficient (Wildman–Crippen LogP) is 2.99. The molecule has 32 heavy (non-hydrogen) atoms. The van der Waals surface area contributed by atoms with Crippen molar-refractivity contribution in [2.45, 2.75) is 52.0 Å². The lowest BCUT2D eigenvalue weighted by molar-refractivity contribution is -0.130. The number of fused-ring (bicyclic) bond motifs is 1. The molecule has 1 amide bonds. The number of likely N-dealkylation sites (tertiary alicyclic amines) is 2. The highest BCUT2D eigenvalue weighted by Gasteiger charge is 2.32. The summed E-state index contributed by atoms with van der Waals surface area (Å²) in [5.41, 5.74) is 1.20. The number of rotatable bonds is 5. The Bertz CT molecular complexity index is 1120. The van der Waals surface area contributed by atoms with E-state index < -0.39 is 0 Å². The first-order chi connectivity index (χ1) is 15.5. The van der Waals surface area contributed by atoms with Crippen LogP contribution in [0.2, 0.25) is 0 Å². The fourth-order valence-corrected chi connectivity index (χ4v) is 5.16. The standard InChI is InChI=1S/C23H29FN6O2/c1-3-20-18-5-4-6-19(24)22(18)30(26-20)23-25-21(32-27-23)13-16-7-10-29(14-16)17-8-11-28(12-9-17)15(2)31/h4-6,16-17H,3,7-14H2,1-2H3. The molecule has 4 heterocycles. The lowest BCUT2D eigenvalue weighted by Crippen LogP contribution is -2.45. The van der Waals surface area contributed by atoms with Crippen LogP contribution >= 0.6 is 0 Å². The summed E-state index contributed by atoms with van der Waals surface area (Å²) >= 11 is 0. The topological polar surface area (TPSA) is 80.3 Å². The van der Waals surface area contributed by atoms with Crippen molar-refractivity contribution >= 4 is 16.8 Å². The van der Waals surface area contributed by atoms with Gasteiger partial charge in [-0.15, -0.1) is 0 Å². The molecule has 0 radical (unpaired) electrons. The maximum absolute atomic E-state index is 14.5. The van der Waals surface area contributed by atoms with Crippen molar-refractivity contribution in [3.63, 3.8) is 0 Å². The van der Waals surface area contributed by atoms with E-state index in [-0.39, 0.29) is 17.7 Å². The third kappa shape index (κ3) is 3.90. The van der Waals surface area contributed by atoms with E-state index in [0.29, 0.717) is 36.2 Å². The van der Waals surface area contributed by atoms with Gasteiger partial charge in [-0.3, -0.25) is 9.69 Å². The largest absolute Gasteiger partial charge is 0.343 e. The number of hydrogen-bond donors (Lipinski definition) is 0. The summed E-state index contributed by atoms with van der Waals surface area (Å²) in [5, 5.41) is 9.41. The molecule has 2 fully saturated rings. The minimum absolute atomic E-state index is 0.172. The Morgan fingerprint density at radius 2 is 2.03 bits per heavy atom. The number of benzene rings is 1. The molecule has 2 saturated heterocycles. The van der Waals surface area contributed by atoms with Crippen LogP contribution in [0.15, 0.2) is 22.7 Å². The summed E-state index contributed by atoms with van der Waals surface area (Å²) in [6.45, 7) is 7.40. The Kier molecular flexibility index (Phi) is 5.67. The predicted molar refractivity (Wildman–Crippen MR) is 117 cm³/mol. The van der Waals surface area contributed by atoms with Crippen LogP contribution in [0.1, 0.15) is 44.7 Å². The molecular weight excluding hydrogens is 411 g/mol. The first kappa shape index (κ1) is 21.1.